The standard InChI is InChI=1S/C15H20N6/c16-6-12(4-14(20)8-18)10-1-2-11(3-10)13(7-17)5-15(21)9-19/h10-15H,1-5,20-21H2. The van der Waals surface area contributed by atoms with Gasteiger partial charge in [0.25, 0.3) is 0 Å². The minimum Gasteiger partial charge on any atom is -0.316 e. The lowest BCUT2D eigenvalue weighted by molar-refractivity contribution is 0.331. The number of hydrogen-bond acceptors (Lipinski definition) is 6. The van der Waals surface area contributed by atoms with Gasteiger partial charge in [0.15, 0.2) is 0 Å². The molecule has 1 aliphatic rings. The van der Waals surface area contributed by atoms with Gasteiger partial charge in [-0.2, -0.15) is 21.0 Å². The molecule has 21 heavy (non-hydrogen) atoms. The van der Waals surface area contributed by atoms with Crippen LogP contribution in [-0.2, 0) is 0 Å². The molecule has 0 aliphatic heterocycles. The molecule has 0 amide bonds. The molecular formula is C15H20N6. The number of nitriles is 4. The first-order chi connectivity index (χ1) is 10.0. The summed E-state index contributed by atoms with van der Waals surface area (Å²) in [5.41, 5.74) is 11.2. The van der Waals surface area contributed by atoms with Gasteiger partial charge in [-0.05, 0) is 43.9 Å². The summed E-state index contributed by atoms with van der Waals surface area (Å²) in [6.07, 6.45) is 3.24. The molecule has 1 rings (SSSR count). The topological polar surface area (TPSA) is 147 Å². The maximum absolute atomic E-state index is 9.25. The summed E-state index contributed by atoms with van der Waals surface area (Å²) in [7, 11) is 0. The van der Waals surface area contributed by atoms with Crippen LogP contribution in [0.3, 0.4) is 0 Å². The van der Waals surface area contributed by atoms with Gasteiger partial charge in [-0.3, -0.25) is 0 Å². The molecule has 0 aromatic carbocycles. The van der Waals surface area contributed by atoms with E-state index in [0.717, 1.165) is 19.3 Å². The van der Waals surface area contributed by atoms with Crippen molar-refractivity contribution >= 4 is 0 Å². The molecule has 0 radical (unpaired) electrons. The zero-order valence-corrected chi connectivity index (χ0v) is 11.9. The Balaban J connectivity index is 2.62. The third kappa shape index (κ3) is 4.73. The smallest absolute Gasteiger partial charge is 0.0940 e. The fourth-order valence-electron chi connectivity index (χ4n) is 3.14. The lowest BCUT2D eigenvalue weighted by Crippen LogP contribution is -2.26. The highest BCUT2D eigenvalue weighted by Crippen LogP contribution is 2.41. The summed E-state index contributed by atoms with van der Waals surface area (Å²) < 4.78 is 0. The van der Waals surface area contributed by atoms with E-state index in [1.165, 1.54) is 0 Å². The highest BCUT2D eigenvalue weighted by Gasteiger charge is 2.36. The van der Waals surface area contributed by atoms with E-state index in [4.69, 9.17) is 22.0 Å². The Labute approximate surface area is 125 Å². The Kier molecular flexibility index (Phi) is 6.64. The van der Waals surface area contributed by atoms with Crippen LogP contribution in [0.25, 0.3) is 0 Å². The van der Waals surface area contributed by atoms with Crippen LogP contribution in [0.2, 0.25) is 0 Å². The monoisotopic (exact) mass is 284 g/mol. The zero-order chi connectivity index (χ0) is 15.8. The second-order valence-corrected chi connectivity index (χ2v) is 5.75. The highest BCUT2D eigenvalue weighted by atomic mass is 14.6. The Morgan fingerprint density at radius 3 is 1.43 bits per heavy atom. The van der Waals surface area contributed by atoms with E-state index >= 15 is 0 Å². The van der Waals surface area contributed by atoms with Crippen LogP contribution >= 0.6 is 0 Å². The third-order valence-corrected chi connectivity index (χ3v) is 4.33. The zero-order valence-electron chi connectivity index (χ0n) is 11.9. The van der Waals surface area contributed by atoms with E-state index in [-0.39, 0.29) is 23.7 Å². The fourth-order valence-corrected chi connectivity index (χ4v) is 3.14. The van der Waals surface area contributed by atoms with Crippen molar-refractivity contribution in [1.29, 1.82) is 21.0 Å². The molecular weight excluding hydrogens is 264 g/mol. The first-order valence-electron chi connectivity index (χ1n) is 7.15. The molecule has 110 valence electrons. The van der Waals surface area contributed by atoms with Gasteiger partial charge >= 0.3 is 0 Å². The van der Waals surface area contributed by atoms with E-state index in [2.05, 4.69) is 12.1 Å². The Hall–Kier alpha value is -2.12. The van der Waals surface area contributed by atoms with Gasteiger partial charge in [-0.15, -0.1) is 0 Å². The van der Waals surface area contributed by atoms with Gasteiger partial charge in [0.2, 0.25) is 0 Å². The first kappa shape index (κ1) is 16.9. The Morgan fingerprint density at radius 2 is 1.14 bits per heavy atom. The van der Waals surface area contributed by atoms with E-state index in [0.29, 0.717) is 12.8 Å². The van der Waals surface area contributed by atoms with Gasteiger partial charge in [0.1, 0.15) is 0 Å². The molecule has 1 saturated carbocycles. The van der Waals surface area contributed by atoms with Gasteiger partial charge in [-0.1, -0.05) is 0 Å². The minimum absolute atomic E-state index is 0.175. The van der Waals surface area contributed by atoms with E-state index < -0.39 is 12.1 Å². The van der Waals surface area contributed by atoms with Crippen molar-refractivity contribution in [1.82, 2.24) is 0 Å². The van der Waals surface area contributed by atoms with Crippen LogP contribution in [0.1, 0.15) is 32.1 Å². The van der Waals surface area contributed by atoms with E-state index in [1.807, 2.05) is 12.1 Å². The molecule has 1 aliphatic carbocycles. The average molecular weight is 284 g/mol. The minimum atomic E-state index is -0.618. The maximum atomic E-state index is 9.25. The number of hydrogen-bond donors (Lipinski definition) is 2. The summed E-state index contributed by atoms with van der Waals surface area (Å²) in [4.78, 5) is 0. The number of nitrogens with two attached hydrogens (primary N) is 2. The fraction of sp³-hybridized carbons (Fsp3) is 0.733. The van der Waals surface area contributed by atoms with Crippen LogP contribution in [-0.4, -0.2) is 12.1 Å². The van der Waals surface area contributed by atoms with Gasteiger partial charge < -0.3 is 11.5 Å². The SMILES string of the molecule is N#CC(N)CC(C#N)C1CCC(C(C#N)CC(N)C#N)C1. The number of nitrogens with zero attached hydrogens (tertiary/aromatic N) is 4. The summed E-state index contributed by atoms with van der Waals surface area (Å²) in [5, 5.41) is 36.0. The van der Waals surface area contributed by atoms with Crippen molar-refractivity contribution in [3.63, 3.8) is 0 Å². The first-order valence-corrected chi connectivity index (χ1v) is 7.15. The van der Waals surface area contributed by atoms with Crippen molar-refractivity contribution < 1.29 is 0 Å². The van der Waals surface area contributed by atoms with Crippen molar-refractivity contribution in [2.24, 2.45) is 35.1 Å². The van der Waals surface area contributed by atoms with Crippen LogP contribution in [0.15, 0.2) is 0 Å². The van der Waals surface area contributed by atoms with Crippen LogP contribution < -0.4 is 11.5 Å². The van der Waals surface area contributed by atoms with Crippen LogP contribution in [0.5, 0.6) is 0 Å². The molecule has 0 bridgehead atoms. The van der Waals surface area contributed by atoms with Crippen molar-refractivity contribution in [3.05, 3.63) is 0 Å². The molecule has 0 saturated heterocycles. The second-order valence-electron chi connectivity index (χ2n) is 5.75. The summed E-state index contributed by atoms with van der Waals surface area (Å²) in [5.74, 6) is -0.135. The third-order valence-electron chi connectivity index (χ3n) is 4.33. The molecule has 0 spiro atoms. The van der Waals surface area contributed by atoms with Crippen molar-refractivity contribution in [2.45, 2.75) is 44.2 Å². The van der Waals surface area contributed by atoms with Gasteiger partial charge in [0, 0.05) is 0 Å². The van der Waals surface area contributed by atoms with Crippen LogP contribution in [0, 0.1) is 69.0 Å². The summed E-state index contributed by atoms with van der Waals surface area (Å²) in [6.45, 7) is 0. The Morgan fingerprint density at radius 1 is 0.762 bits per heavy atom. The van der Waals surface area contributed by atoms with Crippen molar-refractivity contribution in [3.8, 4) is 24.3 Å². The number of rotatable bonds is 6. The predicted molar refractivity (Wildman–Crippen MR) is 75.4 cm³/mol. The molecule has 6 unspecified atom stereocenters. The molecule has 4 N–H and O–H groups in total. The largest absolute Gasteiger partial charge is 0.316 e. The summed E-state index contributed by atoms with van der Waals surface area (Å²) >= 11 is 0. The lowest BCUT2D eigenvalue weighted by Gasteiger charge is -2.20. The van der Waals surface area contributed by atoms with Gasteiger partial charge in [0.05, 0.1) is 48.2 Å². The van der Waals surface area contributed by atoms with E-state index in [1.54, 1.807) is 0 Å². The molecule has 1 fully saturated rings. The average Bonchev–Trinajstić information content (AvgIpc) is 2.98. The normalized spacial score (nSPS) is 26.4. The summed E-state index contributed by atoms with van der Waals surface area (Å²) in [6, 6.07) is 7.17. The molecule has 0 aromatic rings. The van der Waals surface area contributed by atoms with E-state index in [9.17, 15) is 10.5 Å². The maximum Gasteiger partial charge on any atom is 0.0940 e. The van der Waals surface area contributed by atoms with Gasteiger partial charge in [-0.25, -0.2) is 0 Å². The molecule has 0 heterocycles. The molecule has 6 nitrogen and oxygen atoms in total. The highest BCUT2D eigenvalue weighted by molar-refractivity contribution is 5.02. The molecule has 6 atom stereocenters. The quantitative estimate of drug-likeness (QED) is 0.747. The lowest BCUT2D eigenvalue weighted by atomic mass is 9.83. The predicted octanol–water partition coefficient (Wildman–Crippen LogP) is 1.16. The van der Waals surface area contributed by atoms with Crippen molar-refractivity contribution in [2.75, 3.05) is 0 Å². The molecule has 0 aromatic heterocycles. The van der Waals surface area contributed by atoms with Crippen LogP contribution in [0.4, 0.5) is 0 Å². The molecule has 6 heteroatoms. The Bertz CT molecular complexity index is 456. The second kappa shape index (κ2) is 8.23.